The van der Waals surface area contributed by atoms with Crippen molar-refractivity contribution >= 4 is 0 Å². The number of nitrogens with two attached hydrogens (primary N) is 1. The lowest BCUT2D eigenvalue weighted by molar-refractivity contribution is -0.127. The number of rotatable bonds is 6. The van der Waals surface area contributed by atoms with E-state index in [0.29, 0.717) is 6.42 Å². The lowest BCUT2D eigenvalue weighted by atomic mass is 9.99. The van der Waals surface area contributed by atoms with Crippen LogP contribution in [0.25, 0.3) is 0 Å². The number of ether oxygens (including phenoxy) is 1. The standard InChI is InChI=1S/C9H19F3N2O/c1-8(2,15-3)4-7(5-13)14-6-9(10,11)12/h7,14H,4-6,13H2,1-3H3. The summed E-state index contributed by atoms with van der Waals surface area (Å²) in [6, 6.07) is -0.387. The van der Waals surface area contributed by atoms with Crippen molar-refractivity contribution in [2.75, 3.05) is 20.2 Å². The van der Waals surface area contributed by atoms with Gasteiger partial charge in [-0.3, -0.25) is 0 Å². The third-order valence-electron chi connectivity index (χ3n) is 2.17. The third-order valence-corrected chi connectivity index (χ3v) is 2.17. The monoisotopic (exact) mass is 228 g/mol. The molecule has 15 heavy (non-hydrogen) atoms. The van der Waals surface area contributed by atoms with Crippen LogP contribution in [0.3, 0.4) is 0 Å². The zero-order valence-corrected chi connectivity index (χ0v) is 9.32. The highest BCUT2D eigenvalue weighted by atomic mass is 19.4. The van der Waals surface area contributed by atoms with Gasteiger partial charge in [0.1, 0.15) is 0 Å². The first-order chi connectivity index (χ1) is 6.70. The smallest absolute Gasteiger partial charge is 0.379 e. The van der Waals surface area contributed by atoms with Crippen LogP contribution in [0.5, 0.6) is 0 Å². The Bertz CT molecular complexity index is 183. The quantitative estimate of drug-likeness (QED) is 0.720. The second-order valence-corrected chi connectivity index (χ2v) is 4.10. The SMILES string of the molecule is COC(C)(C)CC(CN)NCC(F)(F)F. The molecule has 0 heterocycles. The highest BCUT2D eigenvalue weighted by molar-refractivity contribution is 4.79. The molecule has 1 unspecified atom stereocenters. The first kappa shape index (κ1) is 14.7. The first-order valence-corrected chi connectivity index (χ1v) is 4.75. The van der Waals surface area contributed by atoms with Crippen molar-refractivity contribution in [1.29, 1.82) is 0 Å². The third kappa shape index (κ3) is 7.58. The fraction of sp³-hybridized carbons (Fsp3) is 1.00. The van der Waals surface area contributed by atoms with Crippen molar-refractivity contribution in [3.8, 4) is 0 Å². The summed E-state index contributed by atoms with van der Waals surface area (Å²) in [4.78, 5) is 0. The van der Waals surface area contributed by atoms with E-state index in [0.717, 1.165) is 0 Å². The van der Waals surface area contributed by atoms with Gasteiger partial charge in [-0.05, 0) is 20.3 Å². The fourth-order valence-electron chi connectivity index (χ4n) is 1.18. The van der Waals surface area contributed by atoms with Crippen LogP contribution < -0.4 is 11.1 Å². The van der Waals surface area contributed by atoms with Crippen molar-refractivity contribution < 1.29 is 17.9 Å². The van der Waals surface area contributed by atoms with Crippen LogP contribution in [0.15, 0.2) is 0 Å². The van der Waals surface area contributed by atoms with Crippen molar-refractivity contribution in [3.63, 3.8) is 0 Å². The Balaban J connectivity index is 4.04. The predicted molar refractivity (Wildman–Crippen MR) is 52.6 cm³/mol. The molecule has 6 heteroatoms. The van der Waals surface area contributed by atoms with Crippen LogP contribution in [0, 0.1) is 0 Å². The Morgan fingerprint density at radius 1 is 1.33 bits per heavy atom. The van der Waals surface area contributed by atoms with E-state index in [1.807, 2.05) is 13.8 Å². The highest BCUT2D eigenvalue weighted by Crippen LogP contribution is 2.17. The molecule has 0 radical (unpaired) electrons. The molecule has 92 valence electrons. The maximum absolute atomic E-state index is 11.9. The molecule has 3 N–H and O–H groups in total. The predicted octanol–water partition coefficient (Wildman–Crippen LogP) is 1.28. The molecule has 0 aliphatic carbocycles. The minimum absolute atomic E-state index is 0.156. The minimum atomic E-state index is -4.20. The summed E-state index contributed by atoms with van der Waals surface area (Å²) in [6.07, 6.45) is -3.76. The van der Waals surface area contributed by atoms with Crippen LogP contribution in [0.1, 0.15) is 20.3 Å². The number of methoxy groups -OCH3 is 1. The molecule has 0 spiro atoms. The molecule has 0 aromatic rings. The topological polar surface area (TPSA) is 47.3 Å². The van der Waals surface area contributed by atoms with Crippen molar-refractivity contribution in [1.82, 2.24) is 5.32 Å². The molecule has 0 bridgehead atoms. The zero-order chi connectivity index (χ0) is 12.1. The maximum atomic E-state index is 11.9. The Morgan fingerprint density at radius 2 is 1.87 bits per heavy atom. The van der Waals surface area contributed by atoms with Gasteiger partial charge >= 0.3 is 6.18 Å². The van der Waals surface area contributed by atoms with Gasteiger partial charge in [-0.1, -0.05) is 0 Å². The van der Waals surface area contributed by atoms with Crippen LogP contribution in [0.2, 0.25) is 0 Å². The minimum Gasteiger partial charge on any atom is -0.379 e. The summed E-state index contributed by atoms with van der Waals surface area (Å²) in [7, 11) is 1.53. The highest BCUT2D eigenvalue weighted by Gasteiger charge is 2.29. The van der Waals surface area contributed by atoms with Crippen molar-refractivity contribution in [3.05, 3.63) is 0 Å². The summed E-state index contributed by atoms with van der Waals surface area (Å²) in [5, 5.41) is 2.37. The molecule has 0 aliphatic heterocycles. The van der Waals surface area contributed by atoms with Gasteiger partial charge in [0.05, 0.1) is 12.1 Å². The average molecular weight is 228 g/mol. The van der Waals surface area contributed by atoms with E-state index in [2.05, 4.69) is 5.32 Å². The number of hydrogen-bond acceptors (Lipinski definition) is 3. The van der Waals surface area contributed by atoms with Crippen LogP contribution >= 0.6 is 0 Å². The van der Waals surface area contributed by atoms with Gasteiger partial charge in [0.15, 0.2) is 0 Å². The Labute approximate surface area is 88.2 Å². The first-order valence-electron chi connectivity index (χ1n) is 4.75. The van der Waals surface area contributed by atoms with E-state index < -0.39 is 18.3 Å². The van der Waals surface area contributed by atoms with E-state index in [1.165, 1.54) is 7.11 Å². The molecular formula is C9H19F3N2O. The Kier molecular flexibility index (Phi) is 5.55. The van der Waals surface area contributed by atoms with E-state index in [4.69, 9.17) is 10.5 Å². The molecule has 3 nitrogen and oxygen atoms in total. The fourth-order valence-corrected chi connectivity index (χ4v) is 1.18. The van der Waals surface area contributed by atoms with E-state index in [-0.39, 0.29) is 12.6 Å². The van der Waals surface area contributed by atoms with Crippen LogP contribution in [0.4, 0.5) is 13.2 Å². The van der Waals surface area contributed by atoms with Crippen LogP contribution in [-0.2, 0) is 4.74 Å². The molecule has 0 saturated heterocycles. The molecule has 0 aromatic carbocycles. The van der Waals surface area contributed by atoms with E-state index in [1.54, 1.807) is 0 Å². The molecule has 1 atom stereocenters. The molecular weight excluding hydrogens is 209 g/mol. The second-order valence-electron chi connectivity index (χ2n) is 4.10. The van der Waals surface area contributed by atoms with Gasteiger partial charge in [-0.2, -0.15) is 13.2 Å². The van der Waals surface area contributed by atoms with Gasteiger partial charge in [-0.25, -0.2) is 0 Å². The van der Waals surface area contributed by atoms with Gasteiger partial charge in [0.25, 0.3) is 0 Å². The lowest BCUT2D eigenvalue weighted by Gasteiger charge is -2.28. The second kappa shape index (κ2) is 5.67. The molecule has 0 rings (SSSR count). The average Bonchev–Trinajstić information content (AvgIpc) is 2.11. The molecule has 0 aliphatic rings. The maximum Gasteiger partial charge on any atom is 0.401 e. The summed E-state index contributed by atoms with van der Waals surface area (Å²) in [5.74, 6) is 0. The van der Waals surface area contributed by atoms with E-state index in [9.17, 15) is 13.2 Å². The molecule has 0 aromatic heterocycles. The summed E-state index contributed by atoms with van der Waals surface area (Å²) in [5.41, 5.74) is 4.91. The van der Waals surface area contributed by atoms with Gasteiger partial charge < -0.3 is 15.8 Å². The summed E-state index contributed by atoms with van der Waals surface area (Å²) < 4.78 is 40.9. The number of nitrogens with one attached hydrogen (secondary N) is 1. The number of alkyl halides is 3. The molecule has 0 fully saturated rings. The largest absolute Gasteiger partial charge is 0.401 e. The van der Waals surface area contributed by atoms with Gasteiger partial charge in [0, 0.05) is 19.7 Å². The lowest BCUT2D eigenvalue weighted by Crippen LogP contribution is -2.45. The van der Waals surface area contributed by atoms with E-state index >= 15 is 0 Å². The molecule has 0 amide bonds. The number of hydrogen-bond donors (Lipinski definition) is 2. The van der Waals surface area contributed by atoms with Gasteiger partial charge in [0.2, 0.25) is 0 Å². The Hall–Kier alpha value is -0.330. The van der Waals surface area contributed by atoms with Crippen LogP contribution in [-0.4, -0.2) is 38.0 Å². The van der Waals surface area contributed by atoms with Crippen molar-refractivity contribution in [2.24, 2.45) is 5.73 Å². The van der Waals surface area contributed by atoms with Gasteiger partial charge in [-0.15, -0.1) is 0 Å². The molecule has 0 saturated carbocycles. The zero-order valence-electron chi connectivity index (χ0n) is 9.32. The number of halogens is 3. The summed E-state index contributed by atoms with van der Waals surface area (Å²) >= 11 is 0. The van der Waals surface area contributed by atoms with Crippen molar-refractivity contribution in [2.45, 2.75) is 38.1 Å². The normalized spacial score (nSPS) is 15.4. The summed E-state index contributed by atoms with van der Waals surface area (Å²) in [6.45, 7) is 2.76. The Morgan fingerprint density at radius 3 is 2.20 bits per heavy atom.